The first-order valence-electron chi connectivity index (χ1n) is 5.72. The molecule has 2 unspecified atom stereocenters. The van der Waals surface area contributed by atoms with E-state index in [-0.39, 0.29) is 12.0 Å². The summed E-state index contributed by atoms with van der Waals surface area (Å²) in [6.45, 7) is 4.07. The van der Waals surface area contributed by atoms with Gasteiger partial charge >= 0.3 is 5.97 Å². The lowest BCUT2D eigenvalue weighted by Crippen LogP contribution is -2.46. The van der Waals surface area contributed by atoms with Gasteiger partial charge in [0.05, 0.1) is 7.11 Å². The van der Waals surface area contributed by atoms with E-state index >= 15 is 0 Å². The molecule has 1 fully saturated rings. The van der Waals surface area contributed by atoms with Crippen LogP contribution < -0.4 is 5.32 Å². The van der Waals surface area contributed by atoms with Gasteiger partial charge < -0.3 is 10.1 Å². The van der Waals surface area contributed by atoms with Gasteiger partial charge in [0.2, 0.25) is 0 Å². The number of rotatable bonds is 5. The van der Waals surface area contributed by atoms with Crippen molar-refractivity contribution in [1.82, 2.24) is 10.2 Å². The monoisotopic (exact) mass is 214 g/mol. The van der Waals surface area contributed by atoms with Crippen LogP contribution in [-0.2, 0) is 9.53 Å². The third-order valence-corrected chi connectivity index (χ3v) is 3.22. The molecule has 2 atom stereocenters. The van der Waals surface area contributed by atoms with Gasteiger partial charge in [-0.1, -0.05) is 6.92 Å². The SMILES string of the molecule is CCC1CCCN1CC(NC)C(=O)OC. The summed E-state index contributed by atoms with van der Waals surface area (Å²) in [5.41, 5.74) is 0. The van der Waals surface area contributed by atoms with Crippen LogP contribution in [0.1, 0.15) is 26.2 Å². The molecule has 1 heterocycles. The number of likely N-dealkylation sites (tertiary alicyclic amines) is 1. The van der Waals surface area contributed by atoms with Crippen LogP contribution in [0.25, 0.3) is 0 Å². The molecule has 0 bridgehead atoms. The molecule has 0 saturated carbocycles. The van der Waals surface area contributed by atoms with Gasteiger partial charge in [-0.05, 0) is 32.9 Å². The third kappa shape index (κ3) is 3.18. The average molecular weight is 214 g/mol. The molecular formula is C11H22N2O2. The number of carbonyl (C=O) groups is 1. The summed E-state index contributed by atoms with van der Waals surface area (Å²) >= 11 is 0. The molecule has 0 radical (unpaired) electrons. The van der Waals surface area contributed by atoms with Gasteiger partial charge in [-0.25, -0.2) is 0 Å². The second-order valence-electron chi connectivity index (χ2n) is 4.06. The van der Waals surface area contributed by atoms with Crippen LogP contribution in [0.2, 0.25) is 0 Å². The molecule has 88 valence electrons. The van der Waals surface area contributed by atoms with Crippen LogP contribution in [0.5, 0.6) is 0 Å². The van der Waals surface area contributed by atoms with E-state index in [1.165, 1.54) is 20.0 Å². The number of likely N-dealkylation sites (N-methyl/N-ethyl adjacent to an activating group) is 1. The summed E-state index contributed by atoms with van der Waals surface area (Å²) in [5, 5.41) is 3.01. The maximum atomic E-state index is 11.4. The molecule has 15 heavy (non-hydrogen) atoms. The van der Waals surface area contributed by atoms with Crippen molar-refractivity contribution in [2.75, 3.05) is 27.2 Å². The van der Waals surface area contributed by atoms with Crippen molar-refractivity contribution in [3.8, 4) is 0 Å². The second-order valence-corrected chi connectivity index (χ2v) is 4.06. The summed E-state index contributed by atoms with van der Waals surface area (Å²) < 4.78 is 4.75. The van der Waals surface area contributed by atoms with E-state index in [0.717, 1.165) is 19.5 Å². The summed E-state index contributed by atoms with van der Waals surface area (Å²) in [5.74, 6) is -0.167. The summed E-state index contributed by atoms with van der Waals surface area (Å²) in [4.78, 5) is 13.8. The molecule has 0 spiro atoms. The Labute approximate surface area is 92.0 Å². The molecule has 0 amide bonds. The molecule has 0 aromatic heterocycles. The summed E-state index contributed by atoms with van der Waals surface area (Å²) in [6, 6.07) is 0.452. The lowest BCUT2D eigenvalue weighted by atomic mass is 10.1. The minimum atomic E-state index is -0.192. The van der Waals surface area contributed by atoms with Gasteiger partial charge in [0.15, 0.2) is 0 Å². The standard InChI is InChI=1S/C11H22N2O2/c1-4-9-6-5-7-13(9)8-10(12-2)11(14)15-3/h9-10,12H,4-8H2,1-3H3. The predicted molar refractivity (Wildman–Crippen MR) is 59.7 cm³/mol. The molecule has 0 aromatic carbocycles. The zero-order valence-electron chi connectivity index (χ0n) is 9.95. The van der Waals surface area contributed by atoms with E-state index in [0.29, 0.717) is 6.04 Å². The summed E-state index contributed by atoms with van der Waals surface area (Å²) in [7, 11) is 3.24. The normalized spacial score (nSPS) is 24.1. The number of nitrogens with one attached hydrogen (secondary N) is 1. The summed E-state index contributed by atoms with van der Waals surface area (Å²) in [6.07, 6.45) is 3.67. The number of carbonyl (C=O) groups excluding carboxylic acids is 1. The fourth-order valence-corrected chi connectivity index (χ4v) is 2.26. The maximum absolute atomic E-state index is 11.4. The number of ether oxygens (including phenoxy) is 1. The zero-order valence-corrected chi connectivity index (χ0v) is 9.95. The Morgan fingerprint density at radius 1 is 1.67 bits per heavy atom. The molecule has 4 heteroatoms. The molecule has 1 rings (SSSR count). The van der Waals surface area contributed by atoms with E-state index in [2.05, 4.69) is 17.1 Å². The van der Waals surface area contributed by atoms with Crippen LogP contribution in [0.4, 0.5) is 0 Å². The fraction of sp³-hybridized carbons (Fsp3) is 0.909. The maximum Gasteiger partial charge on any atom is 0.324 e. The Morgan fingerprint density at radius 3 is 2.93 bits per heavy atom. The molecule has 1 saturated heterocycles. The molecule has 1 aliphatic heterocycles. The highest BCUT2D eigenvalue weighted by Gasteiger charge is 2.27. The smallest absolute Gasteiger partial charge is 0.324 e. The van der Waals surface area contributed by atoms with Gasteiger partial charge in [0, 0.05) is 12.6 Å². The van der Waals surface area contributed by atoms with Crippen molar-refractivity contribution in [2.45, 2.75) is 38.3 Å². The molecule has 1 aliphatic rings. The van der Waals surface area contributed by atoms with Gasteiger partial charge in [0.25, 0.3) is 0 Å². The molecule has 0 aliphatic carbocycles. The van der Waals surface area contributed by atoms with Crippen molar-refractivity contribution in [2.24, 2.45) is 0 Å². The van der Waals surface area contributed by atoms with Crippen molar-refractivity contribution in [3.05, 3.63) is 0 Å². The van der Waals surface area contributed by atoms with Gasteiger partial charge in [0.1, 0.15) is 6.04 Å². The Bertz CT molecular complexity index is 209. The molecule has 0 aromatic rings. The minimum absolute atomic E-state index is 0.167. The van der Waals surface area contributed by atoms with E-state index in [9.17, 15) is 4.79 Å². The average Bonchev–Trinajstić information content (AvgIpc) is 2.71. The van der Waals surface area contributed by atoms with E-state index in [1.54, 1.807) is 7.05 Å². The Hall–Kier alpha value is -0.610. The largest absolute Gasteiger partial charge is 0.468 e. The quantitative estimate of drug-likeness (QED) is 0.681. The van der Waals surface area contributed by atoms with E-state index in [4.69, 9.17) is 4.74 Å². The fourth-order valence-electron chi connectivity index (χ4n) is 2.26. The number of esters is 1. The molecular weight excluding hydrogens is 192 g/mol. The number of hydrogen-bond donors (Lipinski definition) is 1. The first-order chi connectivity index (χ1) is 7.22. The first kappa shape index (κ1) is 12.5. The topological polar surface area (TPSA) is 41.6 Å². The zero-order chi connectivity index (χ0) is 11.3. The van der Waals surface area contributed by atoms with Crippen LogP contribution >= 0.6 is 0 Å². The lowest BCUT2D eigenvalue weighted by molar-refractivity contribution is -0.143. The van der Waals surface area contributed by atoms with Gasteiger partial charge in [-0.15, -0.1) is 0 Å². The van der Waals surface area contributed by atoms with Gasteiger partial charge in [-0.3, -0.25) is 9.69 Å². The van der Waals surface area contributed by atoms with Crippen LogP contribution in [0, 0.1) is 0 Å². The lowest BCUT2D eigenvalue weighted by Gasteiger charge is -2.26. The number of nitrogens with zero attached hydrogens (tertiary/aromatic N) is 1. The minimum Gasteiger partial charge on any atom is -0.468 e. The molecule has 1 N–H and O–H groups in total. The van der Waals surface area contributed by atoms with Crippen molar-refractivity contribution >= 4 is 5.97 Å². The number of methoxy groups -OCH3 is 1. The molecule has 4 nitrogen and oxygen atoms in total. The van der Waals surface area contributed by atoms with Crippen LogP contribution in [0.3, 0.4) is 0 Å². The van der Waals surface area contributed by atoms with E-state index < -0.39 is 0 Å². The highest BCUT2D eigenvalue weighted by Crippen LogP contribution is 2.19. The highest BCUT2D eigenvalue weighted by molar-refractivity contribution is 5.75. The van der Waals surface area contributed by atoms with Gasteiger partial charge in [-0.2, -0.15) is 0 Å². The Morgan fingerprint density at radius 2 is 2.40 bits per heavy atom. The van der Waals surface area contributed by atoms with Crippen LogP contribution in [-0.4, -0.2) is 50.2 Å². The van der Waals surface area contributed by atoms with Crippen molar-refractivity contribution in [3.63, 3.8) is 0 Å². The van der Waals surface area contributed by atoms with Crippen LogP contribution in [0.15, 0.2) is 0 Å². The second kappa shape index (κ2) is 6.08. The Balaban J connectivity index is 2.47. The highest BCUT2D eigenvalue weighted by atomic mass is 16.5. The predicted octanol–water partition coefficient (Wildman–Crippen LogP) is 0.622. The van der Waals surface area contributed by atoms with E-state index in [1.807, 2.05) is 0 Å². The third-order valence-electron chi connectivity index (χ3n) is 3.22. The number of hydrogen-bond acceptors (Lipinski definition) is 4. The first-order valence-corrected chi connectivity index (χ1v) is 5.72. The van der Waals surface area contributed by atoms with Crippen molar-refractivity contribution < 1.29 is 9.53 Å². The Kier molecular flexibility index (Phi) is 5.05. The van der Waals surface area contributed by atoms with Crippen molar-refractivity contribution in [1.29, 1.82) is 0 Å².